The number of ether oxygens (including phenoxy) is 1. The minimum Gasteiger partial charge on any atom is -0.378 e. The minimum absolute atomic E-state index is 0.467. The second-order valence-electron chi connectivity index (χ2n) is 6.62. The van der Waals surface area contributed by atoms with Gasteiger partial charge in [0, 0.05) is 18.6 Å². The summed E-state index contributed by atoms with van der Waals surface area (Å²) in [6, 6.07) is 0.643. The van der Waals surface area contributed by atoms with Crippen LogP contribution >= 0.6 is 0 Å². The lowest BCUT2D eigenvalue weighted by molar-refractivity contribution is 0.0767. The normalized spacial score (nSPS) is 27.4. The first kappa shape index (κ1) is 15.0. The monoisotopic (exact) mass is 241 g/mol. The third-order valence-electron chi connectivity index (χ3n) is 3.99. The van der Waals surface area contributed by atoms with Gasteiger partial charge in [0.05, 0.1) is 6.10 Å². The molecule has 17 heavy (non-hydrogen) atoms. The topological polar surface area (TPSA) is 21.3 Å². The van der Waals surface area contributed by atoms with Crippen molar-refractivity contribution in [2.24, 2.45) is 11.3 Å². The van der Waals surface area contributed by atoms with Gasteiger partial charge < -0.3 is 10.1 Å². The molecule has 1 rings (SSSR count). The maximum Gasteiger partial charge on any atom is 0.0616 e. The summed E-state index contributed by atoms with van der Waals surface area (Å²) in [7, 11) is 2.10. The van der Waals surface area contributed by atoms with Crippen molar-refractivity contribution in [3.05, 3.63) is 0 Å². The molecule has 0 aliphatic carbocycles. The molecule has 1 fully saturated rings. The maximum atomic E-state index is 5.80. The van der Waals surface area contributed by atoms with Gasteiger partial charge in [0.15, 0.2) is 0 Å². The Hall–Kier alpha value is -0.0800. The molecule has 2 nitrogen and oxygen atoms in total. The molecule has 0 aromatic carbocycles. The molecule has 0 aromatic heterocycles. The van der Waals surface area contributed by atoms with Gasteiger partial charge in [-0.1, -0.05) is 34.1 Å². The smallest absolute Gasteiger partial charge is 0.0616 e. The average Bonchev–Trinajstić information content (AvgIpc) is 2.70. The van der Waals surface area contributed by atoms with Gasteiger partial charge in [0.2, 0.25) is 0 Å². The van der Waals surface area contributed by atoms with E-state index in [0.717, 1.165) is 18.9 Å². The van der Waals surface area contributed by atoms with E-state index in [1.54, 1.807) is 0 Å². The zero-order valence-electron chi connectivity index (χ0n) is 12.4. The minimum atomic E-state index is 0.467. The fourth-order valence-corrected chi connectivity index (χ4v) is 2.97. The summed E-state index contributed by atoms with van der Waals surface area (Å²) in [6.45, 7) is 10.2. The molecular formula is C15H31NO. The van der Waals surface area contributed by atoms with E-state index in [4.69, 9.17) is 4.74 Å². The second-order valence-corrected chi connectivity index (χ2v) is 6.62. The van der Waals surface area contributed by atoms with E-state index in [2.05, 4.69) is 40.1 Å². The molecule has 102 valence electrons. The lowest BCUT2D eigenvalue weighted by atomic mass is 9.84. The zero-order valence-corrected chi connectivity index (χ0v) is 12.4. The molecule has 1 N–H and O–H groups in total. The van der Waals surface area contributed by atoms with Crippen molar-refractivity contribution < 1.29 is 4.74 Å². The quantitative estimate of drug-likeness (QED) is 0.767. The van der Waals surface area contributed by atoms with E-state index < -0.39 is 0 Å². The van der Waals surface area contributed by atoms with Crippen LogP contribution in [0.4, 0.5) is 0 Å². The molecule has 1 aliphatic rings. The van der Waals surface area contributed by atoms with E-state index in [1.165, 1.54) is 25.7 Å². The maximum absolute atomic E-state index is 5.80. The Kier molecular flexibility index (Phi) is 5.94. The Morgan fingerprint density at radius 1 is 1.35 bits per heavy atom. The molecular weight excluding hydrogens is 210 g/mol. The van der Waals surface area contributed by atoms with Gasteiger partial charge in [0.25, 0.3) is 0 Å². The van der Waals surface area contributed by atoms with Crippen molar-refractivity contribution in [1.29, 1.82) is 0 Å². The Bertz CT molecular complexity index is 209. The Balaban J connectivity index is 2.37. The van der Waals surface area contributed by atoms with Crippen LogP contribution in [0.25, 0.3) is 0 Å². The Morgan fingerprint density at radius 2 is 2.06 bits per heavy atom. The molecule has 0 amide bonds. The largest absolute Gasteiger partial charge is 0.378 e. The standard InChI is InChI=1S/C15H31NO/c1-6-14-12(9-11-17-14)13(16-5)8-7-10-15(2,3)4/h12-14,16H,6-11H2,1-5H3. The van der Waals surface area contributed by atoms with Gasteiger partial charge in [-0.15, -0.1) is 0 Å². The van der Waals surface area contributed by atoms with E-state index in [0.29, 0.717) is 17.6 Å². The summed E-state index contributed by atoms with van der Waals surface area (Å²) >= 11 is 0. The third-order valence-corrected chi connectivity index (χ3v) is 3.99. The summed E-state index contributed by atoms with van der Waals surface area (Å²) in [6.07, 6.45) is 6.80. The highest BCUT2D eigenvalue weighted by Gasteiger charge is 2.32. The van der Waals surface area contributed by atoms with Crippen LogP contribution in [-0.4, -0.2) is 25.8 Å². The summed E-state index contributed by atoms with van der Waals surface area (Å²) < 4.78 is 5.80. The Labute approximate surface area is 108 Å². The van der Waals surface area contributed by atoms with Gasteiger partial charge >= 0.3 is 0 Å². The van der Waals surface area contributed by atoms with Crippen molar-refractivity contribution in [3.63, 3.8) is 0 Å². The molecule has 3 atom stereocenters. The number of rotatable bonds is 6. The van der Waals surface area contributed by atoms with Gasteiger partial charge in [-0.2, -0.15) is 0 Å². The fourth-order valence-electron chi connectivity index (χ4n) is 2.97. The second kappa shape index (κ2) is 6.75. The lowest BCUT2D eigenvalue weighted by Crippen LogP contribution is -2.37. The molecule has 0 aromatic rings. The molecule has 1 aliphatic heterocycles. The van der Waals surface area contributed by atoms with Gasteiger partial charge in [-0.3, -0.25) is 0 Å². The zero-order chi connectivity index (χ0) is 12.9. The number of hydrogen-bond donors (Lipinski definition) is 1. The van der Waals surface area contributed by atoms with E-state index >= 15 is 0 Å². The first-order chi connectivity index (χ1) is 7.98. The predicted octanol–water partition coefficient (Wildman–Crippen LogP) is 3.61. The van der Waals surface area contributed by atoms with E-state index in [-0.39, 0.29) is 0 Å². The number of hydrogen-bond acceptors (Lipinski definition) is 2. The highest BCUT2D eigenvalue weighted by molar-refractivity contribution is 4.85. The van der Waals surface area contributed by atoms with Crippen LogP contribution in [0.15, 0.2) is 0 Å². The van der Waals surface area contributed by atoms with Crippen LogP contribution in [0.2, 0.25) is 0 Å². The molecule has 0 radical (unpaired) electrons. The third kappa shape index (κ3) is 4.97. The van der Waals surface area contributed by atoms with Crippen molar-refractivity contribution in [1.82, 2.24) is 5.32 Å². The molecule has 1 heterocycles. The molecule has 1 saturated heterocycles. The van der Waals surface area contributed by atoms with Crippen LogP contribution in [0.1, 0.15) is 59.8 Å². The van der Waals surface area contributed by atoms with Crippen LogP contribution in [0.3, 0.4) is 0 Å². The molecule has 0 spiro atoms. The first-order valence-electron chi connectivity index (χ1n) is 7.27. The molecule has 3 unspecified atom stereocenters. The van der Waals surface area contributed by atoms with Gasteiger partial charge in [-0.25, -0.2) is 0 Å². The van der Waals surface area contributed by atoms with Crippen LogP contribution < -0.4 is 5.32 Å². The highest BCUT2D eigenvalue weighted by atomic mass is 16.5. The van der Waals surface area contributed by atoms with Crippen LogP contribution in [0, 0.1) is 11.3 Å². The summed E-state index contributed by atoms with van der Waals surface area (Å²) in [5.74, 6) is 0.727. The van der Waals surface area contributed by atoms with E-state index in [9.17, 15) is 0 Å². The summed E-state index contributed by atoms with van der Waals surface area (Å²) in [5, 5.41) is 3.51. The highest BCUT2D eigenvalue weighted by Crippen LogP contribution is 2.30. The molecule has 0 saturated carbocycles. The first-order valence-corrected chi connectivity index (χ1v) is 7.27. The van der Waals surface area contributed by atoms with Crippen LogP contribution in [0.5, 0.6) is 0 Å². The van der Waals surface area contributed by atoms with Crippen molar-refractivity contribution in [2.45, 2.75) is 71.9 Å². The fraction of sp³-hybridized carbons (Fsp3) is 1.00. The molecule has 2 heteroatoms. The average molecular weight is 241 g/mol. The lowest BCUT2D eigenvalue weighted by Gasteiger charge is -2.28. The SMILES string of the molecule is CCC1OCCC1C(CCCC(C)(C)C)NC. The van der Waals surface area contributed by atoms with Crippen molar-refractivity contribution in [2.75, 3.05) is 13.7 Å². The van der Waals surface area contributed by atoms with Crippen LogP contribution in [-0.2, 0) is 4.74 Å². The van der Waals surface area contributed by atoms with Gasteiger partial charge in [0.1, 0.15) is 0 Å². The Morgan fingerprint density at radius 3 is 2.59 bits per heavy atom. The number of nitrogens with one attached hydrogen (secondary N) is 1. The van der Waals surface area contributed by atoms with Crippen molar-refractivity contribution in [3.8, 4) is 0 Å². The van der Waals surface area contributed by atoms with Crippen molar-refractivity contribution >= 4 is 0 Å². The van der Waals surface area contributed by atoms with E-state index in [1.807, 2.05) is 0 Å². The van der Waals surface area contributed by atoms with Gasteiger partial charge in [-0.05, 0) is 38.1 Å². The summed E-state index contributed by atoms with van der Waals surface area (Å²) in [5.41, 5.74) is 0.467. The molecule has 0 bridgehead atoms. The predicted molar refractivity (Wildman–Crippen MR) is 74.3 cm³/mol. The summed E-state index contributed by atoms with van der Waals surface area (Å²) in [4.78, 5) is 0.